The predicted octanol–water partition coefficient (Wildman–Crippen LogP) is 4.59. The number of aliphatic hydroxyl groups excluding tert-OH is 1. The normalized spacial score (nSPS) is 25.3. The molecule has 0 radical (unpaired) electrons. The lowest BCUT2D eigenvalue weighted by molar-refractivity contribution is -0.274. The van der Waals surface area contributed by atoms with Crippen molar-refractivity contribution >= 4 is 0 Å². The van der Waals surface area contributed by atoms with Gasteiger partial charge in [0.25, 0.3) is 0 Å². The van der Waals surface area contributed by atoms with Crippen LogP contribution in [0, 0.1) is 5.92 Å². The average molecular weight is 399 g/mol. The van der Waals surface area contributed by atoms with Crippen molar-refractivity contribution in [3.63, 3.8) is 0 Å². The lowest BCUT2D eigenvalue weighted by Crippen LogP contribution is -2.53. The molecule has 2 rings (SSSR count). The number of rotatable bonds is 6. The first kappa shape index (κ1) is 21.8. The minimum atomic E-state index is -4.81. The number of ether oxygens (including phenoxy) is 1. The van der Waals surface area contributed by atoms with Crippen LogP contribution in [0.25, 0.3) is 0 Å². The van der Waals surface area contributed by atoms with Crippen LogP contribution in [0.15, 0.2) is 24.3 Å². The van der Waals surface area contributed by atoms with E-state index >= 15 is 0 Å². The van der Waals surface area contributed by atoms with Gasteiger partial charge in [-0.3, -0.25) is 0 Å². The van der Waals surface area contributed by atoms with E-state index in [1.807, 2.05) is 6.92 Å². The average Bonchev–Trinajstić information content (AvgIpc) is 2.53. The van der Waals surface area contributed by atoms with Crippen LogP contribution in [0.4, 0.5) is 26.3 Å². The number of benzene rings is 1. The van der Waals surface area contributed by atoms with Gasteiger partial charge in [0, 0.05) is 12.1 Å². The largest absolute Gasteiger partial charge is 0.573 e. The molecule has 154 valence electrons. The summed E-state index contributed by atoms with van der Waals surface area (Å²) < 4.78 is 79.0. The Morgan fingerprint density at radius 1 is 1.19 bits per heavy atom. The van der Waals surface area contributed by atoms with E-state index in [4.69, 9.17) is 0 Å². The third kappa shape index (κ3) is 6.88. The first-order chi connectivity index (χ1) is 12.4. The number of halogens is 6. The van der Waals surface area contributed by atoms with E-state index in [9.17, 15) is 31.4 Å². The van der Waals surface area contributed by atoms with Gasteiger partial charge < -0.3 is 15.2 Å². The van der Waals surface area contributed by atoms with Gasteiger partial charge in [-0.25, -0.2) is 0 Å². The highest BCUT2D eigenvalue weighted by Crippen LogP contribution is 2.36. The molecule has 0 spiro atoms. The molecule has 1 fully saturated rings. The fourth-order valence-electron chi connectivity index (χ4n) is 3.40. The molecule has 27 heavy (non-hydrogen) atoms. The van der Waals surface area contributed by atoms with Crippen molar-refractivity contribution < 1.29 is 36.2 Å². The maximum atomic E-state index is 12.6. The molecule has 0 heterocycles. The van der Waals surface area contributed by atoms with Crippen molar-refractivity contribution in [3.8, 4) is 5.75 Å². The van der Waals surface area contributed by atoms with E-state index in [1.165, 1.54) is 18.2 Å². The maximum absolute atomic E-state index is 12.6. The molecule has 1 aliphatic carbocycles. The number of hydrogen-bond acceptors (Lipinski definition) is 3. The highest BCUT2D eigenvalue weighted by atomic mass is 19.4. The SMILES string of the molecule is CC1CCC(Cc2cccc(OC(F)(F)F)c2)(NCC(O)C(F)(F)F)CC1. The molecule has 1 saturated carbocycles. The van der Waals surface area contributed by atoms with Crippen molar-refractivity contribution in [2.24, 2.45) is 5.92 Å². The molecular formula is C18H23F6NO2. The molecule has 0 bridgehead atoms. The molecule has 9 heteroatoms. The summed E-state index contributed by atoms with van der Waals surface area (Å²) in [6.45, 7) is 1.39. The quantitative estimate of drug-likeness (QED) is 0.688. The molecule has 0 saturated heterocycles. The van der Waals surface area contributed by atoms with Gasteiger partial charge in [-0.15, -0.1) is 13.2 Å². The van der Waals surface area contributed by atoms with Gasteiger partial charge in [-0.1, -0.05) is 19.1 Å². The zero-order valence-corrected chi connectivity index (χ0v) is 14.8. The van der Waals surface area contributed by atoms with E-state index in [0.29, 0.717) is 24.3 Å². The van der Waals surface area contributed by atoms with E-state index in [0.717, 1.165) is 12.8 Å². The Hall–Kier alpha value is -1.48. The number of nitrogens with one attached hydrogen (secondary N) is 1. The molecule has 1 aromatic carbocycles. The van der Waals surface area contributed by atoms with Crippen molar-refractivity contribution in [3.05, 3.63) is 29.8 Å². The number of alkyl halides is 6. The zero-order valence-electron chi connectivity index (χ0n) is 14.8. The summed E-state index contributed by atoms with van der Waals surface area (Å²) in [7, 11) is 0. The van der Waals surface area contributed by atoms with Crippen molar-refractivity contribution in [2.75, 3.05) is 6.54 Å². The highest BCUT2D eigenvalue weighted by molar-refractivity contribution is 5.30. The summed E-state index contributed by atoms with van der Waals surface area (Å²) in [5.41, 5.74) is -0.185. The number of β-amino-alcohol motifs (C(OH)–C–C–N with tert-alkyl or cyclic N) is 1. The standard InChI is InChI=1S/C18H23F6NO2/c1-12-5-7-16(8-6-12,25-11-15(26)17(19,20)21)10-13-3-2-4-14(9-13)27-18(22,23)24/h2-4,9,12,15,25-26H,5-8,10-11H2,1H3. The van der Waals surface area contributed by atoms with Crippen LogP contribution in [0.1, 0.15) is 38.2 Å². The highest BCUT2D eigenvalue weighted by Gasteiger charge is 2.41. The van der Waals surface area contributed by atoms with Crippen LogP contribution in [0.5, 0.6) is 5.75 Å². The monoisotopic (exact) mass is 399 g/mol. The molecule has 0 amide bonds. The second-order valence-corrected chi connectivity index (χ2v) is 7.27. The molecule has 2 N–H and O–H groups in total. The molecular weight excluding hydrogens is 376 g/mol. The Balaban J connectivity index is 2.14. The van der Waals surface area contributed by atoms with Gasteiger partial charge in [-0.2, -0.15) is 13.2 Å². The van der Waals surface area contributed by atoms with Crippen LogP contribution >= 0.6 is 0 Å². The predicted molar refractivity (Wildman–Crippen MR) is 87.3 cm³/mol. The summed E-state index contributed by atoms with van der Waals surface area (Å²) in [5, 5.41) is 12.1. The fraction of sp³-hybridized carbons (Fsp3) is 0.667. The Labute approximate surface area is 153 Å². The number of aliphatic hydroxyl groups is 1. The molecule has 1 atom stereocenters. The summed E-state index contributed by atoms with van der Waals surface area (Å²) in [4.78, 5) is 0. The Morgan fingerprint density at radius 3 is 2.37 bits per heavy atom. The first-order valence-corrected chi connectivity index (χ1v) is 8.73. The van der Waals surface area contributed by atoms with Gasteiger partial charge >= 0.3 is 12.5 Å². The van der Waals surface area contributed by atoms with E-state index in [2.05, 4.69) is 10.1 Å². The lowest BCUT2D eigenvalue weighted by atomic mass is 9.74. The lowest BCUT2D eigenvalue weighted by Gasteiger charge is -2.41. The summed E-state index contributed by atoms with van der Waals surface area (Å²) in [6, 6.07) is 5.45. The Kier molecular flexibility index (Phi) is 6.68. The smallest absolute Gasteiger partial charge is 0.406 e. The van der Waals surface area contributed by atoms with Gasteiger partial charge in [0.15, 0.2) is 6.10 Å². The number of hydrogen-bond donors (Lipinski definition) is 2. The molecule has 1 unspecified atom stereocenters. The van der Waals surface area contributed by atoms with Crippen LogP contribution in [0.2, 0.25) is 0 Å². The van der Waals surface area contributed by atoms with E-state index in [-0.39, 0.29) is 12.2 Å². The van der Waals surface area contributed by atoms with Gasteiger partial charge in [-0.05, 0) is 55.7 Å². The van der Waals surface area contributed by atoms with Crippen molar-refractivity contribution in [2.45, 2.75) is 63.2 Å². The summed E-state index contributed by atoms with van der Waals surface area (Å²) in [5.74, 6) is 0.0574. The third-order valence-corrected chi connectivity index (χ3v) is 4.95. The van der Waals surface area contributed by atoms with Crippen LogP contribution in [-0.2, 0) is 6.42 Å². The van der Waals surface area contributed by atoms with Crippen LogP contribution in [-0.4, -0.2) is 35.8 Å². The van der Waals surface area contributed by atoms with Gasteiger partial charge in [0.05, 0.1) is 0 Å². The summed E-state index contributed by atoms with van der Waals surface area (Å²) in [6.07, 6.45) is -9.07. The van der Waals surface area contributed by atoms with Crippen molar-refractivity contribution in [1.29, 1.82) is 0 Å². The van der Waals surface area contributed by atoms with Gasteiger partial charge in [0.1, 0.15) is 5.75 Å². The Morgan fingerprint density at radius 2 is 1.81 bits per heavy atom. The Bertz CT molecular complexity index is 609. The molecule has 3 nitrogen and oxygen atoms in total. The first-order valence-electron chi connectivity index (χ1n) is 8.73. The summed E-state index contributed by atoms with van der Waals surface area (Å²) >= 11 is 0. The van der Waals surface area contributed by atoms with E-state index in [1.54, 1.807) is 6.07 Å². The third-order valence-electron chi connectivity index (χ3n) is 4.95. The topological polar surface area (TPSA) is 41.5 Å². The molecule has 0 aromatic heterocycles. The second kappa shape index (κ2) is 8.26. The molecule has 1 aromatic rings. The van der Waals surface area contributed by atoms with E-state index < -0.39 is 30.7 Å². The van der Waals surface area contributed by atoms with Gasteiger partial charge in [0.2, 0.25) is 0 Å². The minimum Gasteiger partial charge on any atom is -0.406 e. The fourth-order valence-corrected chi connectivity index (χ4v) is 3.40. The minimum absolute atomic E-state index is 0.249. The zero-order chi connectivity index (χ0) is 20.3. The maximum Gasteiger partial charge on any atom is 0.573 e. The molecule has 1 aliphatic rings. The van der Waals surface area contributed by atoms with Crippen LogP contribution in [0.3, 0.4) is 0 Å². The van der Waals surface area contributed by atoms with Crippen LogP contribution < -0.4 is 10.1 Å². The molecule has 0 aliphatic heterocycles. The van der Waals surface area contributed by atoms with Crippen molar-refractivity contribution in [1.82, 2.24) is 5.32 Å². The second-order valence-electron chi connectivity index (χ2n) is 7.27.